The summed E-state index contributed by atoms with van der Waals surface area (Å²) in [7, 11) is 1.42. The monoisotopic (exact) mass is 456 g/mol. The van der Waals surface area contributed by atoms with Crippen LogP contribution in [-0.2, 0) is 6.61 Å². The molecule has 0 spiro atoms. The number of aryl methyl sites for hydroxylation is 1. The molecular formula is C21H20ClF3N2O4. The van der Waals surface area contributed by atoms with Crippen LogP contribution in [0.5, 0.6) is 11.5 Å². The number of carbonyl (C=O) groups is 1. The molecule has 1 fully saturated rings. The topological polar surface area (TPSA) is 71.0 Å². The highest BCUT2D eigenvalue weighted by atomic mass is 35.5. The fraction of sp³-hybridized carbons (Fsp3) is 0.286. The van der Waals surface area contributed by atoms with Gasteiger partial charge in [0.1, 0.15) is 18.1 Å². The summed E-state index contributed by atoms with van der Waals surface area (Å²) in [5.41, 5.74) is -0.197. The lowest BCUT2D eigenvalue weighted by Gasteiger charge is -2.33. The minimum absolute atomic E-state index is 0.0188. The molecule has 1 aliphatic heterocycles. The van der Waals surface area contributed by atoms with Crippen LogP contribution in [0.25, 0.3) is 0 Å². The summed E-state index contributed by atoms with van der Waals surface area (Å²) in [6.45, 7) is 5.19. The Balaban J connectivity index is 1.88. The first-order valence-electron chi connectivity index (χ1n) is 9.10. The van der Waals surface area contributed by atoms with E-state index < -0.39 is 24.2 Å². The minimum Gasteiger partial charge on any atom is -0.496 e. The lowest BCUT2D eigenvalue weighted by molar-refractivity contribution is -0.299. The third-order valence-electron chi connectivity index (χ3n) is 4.81. The number of ether oxygens (including phenoxy) is 2. The van der Waals surface area contributed by atoms with E-state index in [0.717, 1.165) is 5.56 Å². The van der Waals surface area contributed by atoms with Crippen LogP contribution in [-0.4, -0.2) is 35.0 Å². The third kappa shape index (κ3) is 4.42. The van der Waals surface area contributed by atoms with Crippen molar-refractivity contribution < 1.29 is 32.5 Å². The first kappa shape index (κ1) is 22.8. The summed E-state index contributed by atoms with van der Waals surface area (Å²) >= 11 is 6.00. The standard InChI is InChI=1S/C21H20ClF3N2O4/c1-12-8-16(5-6-17(12)22)31-11-15-9-14(4-7-18(15)30-3)19(28)27-20(29,21(23,24)25)10-13(2)26-27/h4-9,26,29H,2,10-11H2,1,3H3. The van der Waals surface area contributed by atoms with Crippen LogP contribution < -0.4 is 14.9 Å². The van der Waals surface area contributed by atoms with E-state index in [-0.39, 0.29) is 22.9 Å². The first-order chi connectivity index (χ1) is 14.5. The molecule has 0 saturated carbocycles. The molecule has 0 aromatic heterocycles. The van der Waals surface area contributed by atoms with Gasteiger partial charge >= 0.3 is 6.18 Å². The molecule has 1 atom stereocenters. The van der Waals surface area contributed by atoms with Crippen molar-refractivity contribution in [3.63, 3.8) is 0 Å². The zero-order chi connectivity index (χ0) is 23.0. The van der Waals surface area contributed by atoms with Gasteiger partial charge in [0, 0.05) is 28.3 Å². The summed E-state index contributed by atoms with van der Waals surface area (Å²) < 4.78 is 51.3. The van der Waals surface area contributed by atoms with Gasteiger partial charge in [0.2, 0.25) is 0 Å². The number of carbonyl (C=O) groups excluding carboxylic acids is 1. The Morgan fingerprint density at radius 2 is 2.03 bits per heavy atom. The van der Waals surface area contributed by atoms with Crippen LogP contribution in [0.2, 0.25) is 5.02 Å². The smallest absolute Gasteiger partial charge is 0.438 e. The number of nitrogens with zero attached hydrogens (tertiary/aromatic N) is 1. The molecule has 2 aromatic carbocycles. The van der Waals surface area contributed by atoms with E-state index in [9.17, 15) is 23.1 Å². The zero-order valence-electron chi connectivity index (χ0n) is 16.7. The molecule has 0 bridgehead atoms. The predicted molar refractivity (Wildman–Crippen MR) is 108 cm³/mol. The molecule has 1 unspecified atom stereocenters. The molecule has 0 aliphatic carbocycles. The van der Waals surface area contributed by atoms with E-state index in [1.807, 2.05) is 6.92 Å². The van der Waals surface area contributed by atoms with Gasteiger partial charge in [-0.1, -0.05) is 18.2 Å². The average molecular weight is 457 g/mol. The Hall–Kier alpha value is -2.91. The average Bonchev–Trinajstić information content (AvgIpc) is 3.03. The van der Waals surface area contributed by atoms with Crippen molar-refractivity contribution in [1.29, 1.82) is 0 Å². The summed E-state index contributed by atoms with van der Waals surface area (Å²) in [4.78, 5) is 12.8. The number of methoxy groups -OCH3 is 1. The van der Waals surface area contributed by atoms with Crippen LogP contribution in [0.1, 0.15) is 27.9 Å². The van der Waals surface area contributed by atoms with Crippen molar-refractivity contribution in [2.75, 3.05) is 7.11 Å². The van der Waals surface area contributed by atoms with Gasteiger partial charge in [0.15, 0.2) is 0 Å². The van der Waals surface area contributed by atoms with E-state index in [0.29, 0.717) is 22.1 Å². The van der Waals surface area contributed by atoms with Gasteiger partial charge in [0.05, 0.1) is 7.11 Å². The number of hydrazine groups is 1. The van der Waals surface area contributed by atoms with Crippen LogP contribution in [0, 0.1) is 6.92 Å². The molecule has 1 saturated heterocycles. The highest BCUT2D eigenvalue weighted by Crippen LogP contribution is 2.41. The lowest BCUT2D eigenvalue weighted by atomic mass is 10.1. The van der Waals surface area contributed by atoms with Crippen LogP contribution in [0.3, 0.4) is 0 Å². The van der Waals surface area contributed by atoms with Gasteiger partial charge in [-0.3, -0.25) is 10.2 Å². The van der Waals surface area contributed by atoms with Crippen LogP contribution in [0.4, 0.5) is 13.2 Å². The normalized spacial score (nSPS) is 18.7. The SMILES string of the molecule is C=C1CC(O)(C(F)(F)F)N(C(=O)c2ccc(OC)c(COc3ccc(Cl)c(C)c3)c2)N1. The number of hydrogen-bond acceptors (Lipinski definition) is 5. The van der Waals surface area contributed by atoms with Gasteiger partial charge in [-0.2, -0.15) is 13.2 Å². The maximum absolute atomic E-state index is 13.4. The summed E-state index contributed by atoms with van der Waals surface area (Å²) in [5, 5.41) is 10.9. The summed E-state index contributed by atoms with van der Waals surface area (Å²) in [6, 6.07) is 9.16. The minimum atomic E-state index is -5.08. The Morgan fingerprint density at radius 3 is 2.65 bits per heavy atom. The van der Waals surface area contributed by atoms with E-state index in [2.05, 4.69) is 12.0 Å². The van der Waals surface area contributed by atoms with Gasteiger partial charge in [-0.15, -0.1) is 0 Å². The van der Waals surface area contributed by atoms with E-state index in [4.69, 9.17) is 21.1 Å². The molecule has 3 rings (SSSR count). The van der Waals surface area contributed by atoms with Crippen molar-refractivity contribution in [2.24, 2.45) is 0 Å². The van der Waals surface area contributed by atoms with Crippen LogP contribution in [0.15, 0.2) is 48.7 Å². The summed E-state index contributed by atoms with van der Waals surface area (Å²) in [5.74, 6) is -0.179. The number of alkyl halides is 3. The Labute approximate surface area is 181 Å². The molecule has 1 heterocycles. The number of rotatable bonds is 5. The van der Waals surface area contributed by atoms with Gasteiger partial charge in [-0.05, 0) is 48.9 Å². The lowest BCUT2D eigenvalue weighted by Crippen LogP contribution is -2.59. The van der Waals surface area contributed by atoms with Gasteiger partial charge in [0.25, 0.3) is 11.6 Å². The Bertz CT molecular complexity index is 1030. The predicted octanol–water partition coefficient (Wildman–Crippen LogP) is 4.35. The molecule has 10 heteroatoms. The quantitative estimate of drug-likeness (QED) is 0.700. The molecule has 2 aromatic rings. The highest BCUT2D eigenvalue weighted by molar-refractivity contribution is 6.31. The Kier molecular flexibility index (Phi) is 6.11. The number of amides is 1. The van der Waals surface area contributed by atoms with E-state index >= 15 is 0 Å². The zero-order valence-corrected chi connectivity index (χ0v) is 17.5. The molecular weight excluding hydrogens is 437 g/mol. The fourth-order valence-corrected chi connectivity index (χ4v) is 3.25. The molecule has 31 heavy (non-hydrogen) atoms. The number of hydrogen-bond donors (Lipinski definition) is 2. The maximum Gasteiger partial charge on any atom is 0.438 e. The number of nitrogens with one attached hydrogen (secondary N) is 1. The summed E-state index contributed by atoms with van der Waals surface area (Å²) in [6.07, 6.45) is -5.95. The first-order valence-corrected chi connectivity index (χ1v) is 9.48. The van der Waals surface area contributed by atoms with Crippen LogP contribution >= 0.6 is 11.6 Å². The van der Waals surface area contributed by atoms with Gasteiger partial charge < -0.3 is 14.6 Å². The molecule has 1 aliphatic rings. The van der Waals surface area contributed by atoms with Crippen molar-refractivity contribution in [1.82, 2.24) is 10.4 Å². The van der Waals surface area contributed by atoms with E-state index in [1.54, 1.807) is 18.2 Å². The van der Waals surface area contributed by atoms with E-state index in [1.165, 1.54) is 25.3 Å². The largest absolute Gasteiger partial charge is 0.496 e. The number of benzene rings is 2. The van der Waals surface area contributed by atoms with Crippen molar-refractivity contribution >= 4 is 17.5 Å². The molecule has 2 N–H and O–H groups in total. The molecule has 1 amide bonds. The Morgan fingerprint density at radius 1 is 1.32 bits per heavy atom. The van der Waals surface area contributed by atoms with Gasteiger partial charge in [-0.25, -0.2) is 5.01 Å². The maximum atomic E-state index is 13.4. The second kappa shape index (κ2) is 8.32. The second-order valence-corrected chi connectivity index (χ2v) is 7.48. The number of halogens is 4. The molecule has 6 nitrogen and oxygen atoms in total. The molecule has 166 valence electrons. The molecule has 0 radical (unpaired) electrons. The third-order valence-corrected chi connectivity index (χ3v) is 5.23. The van der Waals surface area contributed by atoms with Crippen molar-refractivity contribution in [3.05, 3.63) is 70.4 Å². The number of aliphatic hydroxyl groups is 1. The van der Waals surface area contributed by atoms with Crippen molar-refractivity contribution in [3.8, 4) is 11.5 Å². The van der Waals surface area contributed by atoms with Crippen molar-refractivity contribution in [2.45, 2.75) is 31.9 Å². The highest BCUT2D eigenvalue weighted by Gasteiger charge is 2.63. The fourth-order valence-electron chi connectivity index (χ4n) is 3.13. The second-order valence-electron chi connectivity index (χ2n) is 7.07.